The summed E-state index contributed by atoms with van der Waals surface area (Å²) in [6, 6.07) is 10.3. The summed E-state index contributed by atoms with van der Waals surface area (Å²) in [4.78, 5) is 0. The van der Waals surface area contributed by atoms with E-state index in [1.807, 2.05) is 12.1 Å². The van der Waals surface area contributed by atoms with Crippen LogP contribution < -0.4 is 5.32 Å². The summed E-state index contributed by atoms with van der Waals surface area (Å²) in [6.45, 7) is 1.42. The summed E-state index contributed by atoms with van der Waals surface area (Å²) in [5, 5.41) is 32.4. The summed E-state index contributed by atoms with van der Waals surface area (Å²) in [5.41, 5.74) is 2.82. The number of fused-ring (bicyclic) bond motifs is 1. The van der Waals surface area contributed by atoms with E-state index < -0.39 is 0 Å². The van der Waals surface area contributed by atoms with Crippen LogP contribution in [0, 0.1) is 0 Å². The summed E-state index contributed by atoms with van der Waals surface area (Å²) in [7, 11) is 0. The van der Waals surface area contributed by atoms with E-state index in [9.17, 15) is 15.3 Å². The van der Waals surface area contributed by atoms with Crippen molar-refractivity contribution in [1.29, 1.82) is 0 Å². The van der Waals surface area contributed by atoms with Crippen LogP contribution in [0.4, 0.5) is 0 Å². The standard InChI is InChI=1S/C15H15NO3/c17-12-5-4-9(6-14(12)19)11-8-16-7-10-2-1-3-13(18)15(10)11/h1-6,11,16-19H,7-8H2. The van der Waals surface area contributed by atoms with Crippen LogP contribution in [-0.4, -0.2) is 21.9 Å². The molecule has 4 nitrogen and oxygen atoms in total. The van der Waals surface area contributed by atoms with Crippen LogP contribution in [0.1, 0.15) is 22.6 Å². The molecule has 0 radical (unpaired) electrons. The lowest BCUT2D eigenvalue weighted by atomic mass is 9.85. The Morgan fingerprint density at radius 1 is 0.947 bits per heavy atom. The Morgan fingerprint density at radius 3 is 2.58 bits per heavy atom. The molecule has 19 heavy (non-hydrogen) atoms. The topological polar surface area (TPSA) is 72.7 Å². The monoisotopic (exact) mass is 257 g/mol. The number of hydrogen-bond acceptors (Lipinski definition) is 4. The first kappa shape index (κ1) is 11.9. The second-order valence-electron chi connectivity index (χ2n) is 4.78. The van der Waals surface area contributed by atoms with E-state index in [1.165, 1.54) is 6.07 Å². The highest BCUT2D eigenvalue weighted by atomic mass is 16.3. The predicted molar refractivity (Wildman–Crippen MR) is 71.4 cm³/mol. The number of aromatic hydroxyl groups is 3. The van der Waals surface area contributed by atoms with Crippen molar-refractivity contribution in [3.8, 4) is 17.2 Å². The van der Waals surface area contributed by atoms with Gasteiger partial charge in [0.05, 0.1) is 0 Å². The van der Waals surface area contributed by atoms with Crippen molar-refractivity contribution in [2.24, 2.45) is 0 Å². The molecule has 0 amide bonds. The fourth-order valence-electron chi connectivity index (χ4n) is 2.65. The van der Waals surface area contributed by atoms with E-state index in [4.69, 9.17) is 0 Å². The fraction of sp³-hybridized carbons (Fsp3) is 0.200. The second-order valence-corrected chi connectivity index (χ2v) is 4.78. The van der Waals surface area contributed by atoms with Gasteiger partial charge in [0.25, 0.3) is 0 Å². The maximum absolute atomic E-state index is 10.1. The molecule has 2 aromatic rings. The summed E-state index contributed by atoms with van der Waals surface area (Å²) >= 11 is 0. The number of phenolic OH excluding ortho intramolecular Hbond substituents is 3. The summed E-state index contributed by atoms with van der Waals surface area (Å²) in [6.07, 6.45) is 0. The molecule has 4 N–H and O–H groups in total. The first-order chi connectivity index (χ1) is 9.16. The van der Waals surface area contributed by atoms with Crippen molar-refractivity contribution in [1.82, 2.24) is 5.32 Å². The number of hydrogen-bond donors (Lipinski definition) is 4. The fourth-order valence-corrected chi connectivity index (χ4v) is 2.65. The molecule has 98 valence electrons. The molecule has 0 spiro atoms. The van der Waals surface area contributed by atoms with Crippen molar-refractivity contribution >= 4 is 0 Å². The van der Waals surface area contributed by atoms with Crippen molar-refractivity contribution in [2.45, 2.75) is 12.5 Å². The summed E-state index contributed by atoms with van der Waals surface area (Å²) < 4.78 is 0. The van der Waals surface area contributed by atoms with Crippen LogP contribution in [0.3, 0.4) is 0 Å². The van der Waals surface area contributed by atoms with Gasteiger partial charge in [0, 0.05) is 24.6 Å². The molecule has 4 heteroatoms. The van der Waals surface area contributed by atoms with E-state index in [-0.39, 0.29) is 23.2 Å². The lowest BCUT2D eigenvalue weighted by molar-refractivity contribution is 0.402. The predicted octanol–water partition coefficient (Wildman–Crippen LogP) is 2.04. The molecule has 1 aliphatic heterocycles. The molecule has 0 fully saturated rings. The highest BCUT2D eigenvalue weighted by Crippen LogP contribution is 2.38. The van der Waals surface area contributed by atoms with Crippen molar-refractivity contribution in [2.75, 3.05) is 6.54 Å². The SMILES string of the molecule is Oc1ccc(C2CNCc3cccc(O)c32)cc1O. The van der Waals surface area contributed by atoms with E-state index in [0.717, 1.165) is 23.2 Å². The van der Waals surface area contributed by atoms with Gasteiger partial charge in [0.2, 0.25) is 0 Å². The highest BCUT2D eigenvalue weighted by Gasteiger charge is 2.25. The number of rotatable bonds is 1. The second kappa shape index (κ2) is 4.48. The zero-order valence-electron chi connectivity index (χ0n) is 10.3. The van der Waals surface area contributed by atoms with Crippen LogP contribution in [0.15, 0.2) is 36.4 Å². The molecule has 0 saturated carbocycles. The molecule has 0 aromatic heterocycles. The van der Waals surface area contributed by atoms with Crippen LogP contribution in [0.2, 0.25) is 0 Å². The van der Waals surface area contributed by atoms with Gasteiger partial charge in [-0.15, -0.1) is 0 Å². The Balaban J connectivity index is 2.10. The maximum Gasteiger partial charge on any atom is 0.157 e. The van der Waals surface area contributed by atoms with Gasteiger partial charge in [0.1, 0.15) is 5.75 Å². The van der Waals surface area contributed by atoms with Gasteiger partial charge in [-0.05, 0) is 29.3 Å². The normalized spacial score (nSPS) is 18.0. The minimum Gasteiger partial charge on any atom is -0.508 e. The smallest absolute Gasteiger partial charge is 0.157 e. The molecule has 0 saturated heterocycles. The number of phenols is 3. The molecule has 1 unspecified atom stereocenters. The molecular formula is C15H15NO3. The van der Waals surface area contributed by atoms with Gasteiger partial charge in [-0.25, -0.2) is 0 Å². The van der Waals surface area contributed by atoms with Crippen molar-refractivity contribution in [3.05, 3.63) is 53.1 Å². The quantitative estimate of drug-likeness (QED) is 0.590. The molecule has 1 aliphatic rings. The number of benzene rings is 2. The van der Waals surface area contributed by atoms with Gasteiger partial charge in [-0.1, -0.05) is 18.2 Å². The third kappa shape index (κ3) is 2.00. The lowest BCUT2D eigenvalue weighted by Crippen LogP contribution is -2.28. The Labute approximate surface area is 111 Å². The van der Waals surface area contributed by atoms with Gasteiger partial charge in [0.15, 0.2) is 11.5 Å². The average Bonchev–Trinajstić information content (AvgIpc) is 2.42. The minimum absolute atomic E-state index is 0.0311. The Hall–Kier alpha value is -2.20. The maximum atomic E-state index is 10.1. The Kier molecular flexibility index (Phi) is 2.80. The van der Waals surface area contributed by atoms with E-state index in [2.05, 4.69) is 5.32 Å². The summed E-state index contributed by atoms with van der Waals surface area (Å²) in [5.74, 6) is -0.0296. The first-order valence-corrected chi connectivity index (χ1v) is 6.20. The zero-order valence-corrected chi connectivity index (χ0v) is 10.3. The average molecular weight is 257 g/mol. The lowest BCUT2D eigenvalue weighted by Gasteiger charge is -2.27. The molecule has 1 heterocycles. The van der Waals surface area contributed by atoms with Gasteiger partial charge in [-0.3, -0.25) is 0 Å². The largest absolute Gasteiger partial charge is 0.508 e. The third-order valence-electron chi connectivity index (χ3n) is 3.59. The Morgan fingerprint density at radius 2 is 1.79 bits per heavy atom. The number of nitrogens with one attached hydrogen (secondary N) is 1. The van der Waals surface area contributed by atoms with Crippen LogP contribution in [0.25, 0.3) is 0 Å². The van der Waals surface area contributed by atoms with Gasteiger partial charge >= 0.3 is 0 Å². The van der Waals surface area contributed by atoms with Crippen LogP contribution in [-0.2, 0) is 6.54 Å². The Bertz CT molecular complexity index is 625. The van der Waals surface area contributed by atoms with Gasteiger partial charge in [-0.2, -0.15) is 0 Å². The minimum atomic E-state index is -0.139. The molecule has 0 bridgehead atoms. The van der Waals surface area contributed by atoms with E-state index in [0.29, 0.717) is 6.54 Å². The molecule has 1 atom stereocenters. The molecule has 3 rings (SSSR count). The van der Waals surface area contributed by atoms with E-state index >= 15 is 0 Å². The van der Waals surface area contributed by atoms with Crippen LogP contribution in [0.5, 0.6) is 17.2 Å². The van der Waals surface area contributed by atoms with Crippen molar-refractivity contribution in [3.63, 3.8) is 0 Å². The van der Waals surface area contributed by atoms with Gasteiger partial charge < -0.3 is 20.6 Å². The van der Waals surface area contributed by atoms with Crippen LogP contribution >= 0.6 is 0 Å². The first-order valence-electron chi connectivity index (χ1n) is 6.20. The molecule has 0 aliphatic carbocycles. The zero-order chi connectivity index (χ0) is 13.4. The highest BCUT2D eigenvalue weighted by molar-refractivity contribution is 5.51. The molecule has 2 aromatic carbocycles. The van der Waals surface area contributed by atoms with Crippen molar-refractivity contribution < 1.29 is 15.3 Å². The van der Waals surface area contributed by atoms with E-state index in [1.54, 1.807) is 18.2 Å². The third-order valence-corrected chi connectivity index (χ3v) is 3.59. The molecular weight excluding hydrogens is 242 g/mol.